The number of benzene rings is 1. The van der Waals surface area contributed by atoms with Gasteiger partial charge in [0.2, 0.25) is 0 Å². The summed E-state index contributed by atoms with van der Waals surface area (Å²) in [4.78, 5) is 0. The number of nitrogens with one attached hydrogen (secondary N) is 1. The zero-order valence-corrected chi connectivity index (χ0v) is 13.2. The Balaban J connectivity index is 2.25. The molecule has 2 rings (SSSR count). The summed E-state index contributed by atoms with van der Waals surface area (Å²) in [6.07, 6.45) is -0.245. The largest absolute Gasteiger partial charge is 0.370 e. The summed E-state index contributed by atoms with van der Waals surface area (Å²) in [5.41, 5.74) is 0.978. The van der Waals surface area contributed by atoms with Crippen LogP contribution in [-0.4, -0.2) is 39.0 Å². The molecule has 1 heterocycles. The number of ether oxygens (including phenoxy) is 1. The van der Waals surface area contributed by atoms with Gasteiger partial charge in [-0.25, -0.2) is 4.72 Å². The van der Waals surface area contributed by atoms with Gasteiger partial charge < -0.3 is 4.74 Å². The van der Waals surface area contributed by atoms with E-state index in [1.165, 1.54) is 11.4 Å². The lowest BCUT2D eigenvalue weighted by atomic mass is 10.0. The fraction of sp³-hybridized carbons (Fsp3) is 0.500. The summed E-state index contributed by atoms with van der Waals surface area (Å²) in [6, 6.07) is 7.50. The van der Waals surface area contributed by atoms with Crippen LogP contribution in [-0.2, 0) is 14.9 Å². The van der Waals surface area contributed by atoms with Crippen molar-refractivity contribution in [3.63, 3.8) is 0 Å². The topological polar surface area (TPSA) is 58.6 Å². The maximum atomic E-state index is 11.9. The molecule has 1 aromatic rings. The molecule has 0 saturated carbocycles. The van der Waals surface area contributed by atoms with Gasteiger partial charge in [0.25, 0.3) is 10.2 Å². The van der Waals surface area contributed by atoms with Crippen molar-refractivity contribution in [3.8, 4) is 0 Å². The SMILES string of the molecule is CNS(=O)(=O)N1CCO[C@H](c2ccc(Br)cc2)[C@H]1C. The Morgan fingerprint density at radius 3 is 2.58 bits per heavy atom. The van der Waals surface area contributed by atoms with Crippen LogP contribution in [0.1, 0.15) is 18.6 Å². The first kappa shape index (κ1) is 14.9. The van der Waals surface area contributed by atoms with Crippen LogP contribution in [0.5, 0.6) is 0 Å². The molecule has 5 nitrogen and oxygen atoms in total. The number of halogens is 1. The monoisotopic (exact) mass is 348 g/mol. The number of hydrogen-bond acceptors (Lipinski definition) is 3. The number of hydrogen-bond donors (Lipinski definition) is 1. The predicted molar refractivity (Wildman–Crippen MR) is 77.0 cm³/mol. The molecule has 1 aliphatic rings. The Labute approximate surface area is 122 Å². The van der Waals surface area contributed by atoms with E-state index in [-0.39, 0.29) is 12.1 Å². The molecule has 2 atom stereocenters. The van der Waals surface area contributed by atoms with Gasteiger partial charge in [-0.1, -0.05) is 28.1 Å². The lowest BCUT2D eigenvalue weighted by Gasteiger charge is -2.38. The molecule has 7 heteroatoms. The van der Waals surface area contributed by atoms with Gasteiger partial charge in [-0.2, -0.15) is 12.7 Å². The Morgan fingerprint density at radius 2 is 2.00 bits per heavy atom. The molecule has 19 heavy (non-hydrogen) atoms. The van der Waals surface area contributed by atoms with Crippen molar-refractivity contribution < 1.29 is 13.2 Å². The second kappa shape index (κ2) is 5.88. The second-order valence-corrected chi connectivity index (χ2v) is 7.15. The van der Waals surface area contributed by atoms with Gasteiger partial charge in [-0.15, -0.1) is 0 Å². The molecule has 0 aliphatic carbocycles. The van der Waals surface area contributed by atoms with E-state index in [0.29, 0.717) is 13.2 Å². The third-order valence-electron chi connectivity index (χ3n) is 3.27. The van der Waals surface area contributed by atoms with Crippen LogP contribution in [0.25, 0.3) is 0 Å². The molecule has 1 aromatic carbocycles. The highest BCUT2D eigenvalue weighted by molar-refractivity contribution is 9.10. The first-order chi connectivity index (χ1) is 8.95. The van der Waals surface area contributed by atoms with E-state index in [2.05, 4.69) is 20.7 Å². The molecule has 0 radical (unpaired) electrons. The fourth-order valence-electron chi connectivity index (χ4n) is 2.25. The Bertz CT molecular complexity index is 532. The fourth-order valence-corrected chi connectivity index (χ4v) is 3.61. The Kier molecular flexibility index (Phi) is 4.62. The standard InChI is InChI=1S/C12H17BrN2O3S/c1-9-12(10-3-5-11(13)6-4-10)18-8-7-15(9)19(16,17)14-2/h3-6,9,12,14H,7-8H2,1-2H3/t9-,12+/m1/s1. The summed E-state index contributed by atoms with van der Waals surface area (Å²) >= 11 is 3.38. The van der Waals surface area contributed by atoms with Crippen molar-refractivity contribution in [2.75, 3.05) is 20.2 Å². The first-order valence-electron chi connectivity index (χ1n) is 6.03. The summed E-state index contributed by atoms with van der Waals surface area (Å²) in [5, 5.41) is 0. The summed E-state index contributed by atoms with van der Waals surface area (Å²) < 4.78 is 34.4. The molecular formula is C12H17BrN2O3S. The van der Waals surface area contributed by atoms with Gasteiger partial charge >= 0.3 is 0 Å². The van der Waals surface area contributed by atoms with Crippen molar-refractivity contribution in [1.29, 1.82) is 0 Å². The van der Waals surface area contributed by atoms with Crippen molar-refractivity contribution >= 4 is 26.1 Å². The van der Waals surface area contributed by atoms with E-state index < -0.39 is 10.2 Å². The highest BCUT2D eigenvalue weighted by Crippen LogP contribution is 2.30. The van der Waals surface area contributed by atoms with Crippen molar-refractivity contribution in [2.24, 2.45) is 0 Å². The third kappa shape index (κ3) is 3.17. The van der Waals surface area contributed by atoms with E-state index in [9.17, 15) is 8.42 Å². The van der Waals surface area contributed by atoms with E-state index in [4.69, 9.17) is 4.74 Å². The summed E-state index contributed by atoms with van der Waals surface area (Å²) in [5.74, 6) is 0. The second-order valence-electron chi connectivity index (χ2n) is 4.40. The Morgan fingerprint density at radius 1 is 1.37 bits per heavy atom. The predicted octanol–water partition coefficient (Wildman–Crippen LogP) is 1.68. The van der Waals surface area contributed by atoms with Gasteiger partial charge in [0, 0.05) is 18.1 Å². The molecule has 106 valence electrons. The van der Waals surface area contributed by atoms with Crippen molar-refractivity contribution in [3.05, 3.63) is 34.3 Å². The van der Waals surface area contributed by atoms with Crippen LogP contribution in [0.3, 0.4) is 0 Å². The van der Waals surface area contributed by atoms with Gasteiger partial charge in [-0.3, -0.25) is 0 Å². The average Bonchev–Trinajstić information content (AvgIpc) is 2.40. The van der Waals surface area contributed by atoms with Gasteiger partial charge in [0.1, 0.15) is 0 Å². The molecule has 0 spiro atoms. The van der Waals surface area contributed by atoms with Gasteiger partial charge in [0.15, 0.2) is 0 Å². The van der Waals surface area contributed by atoms with E-state index in [0.717, 1.165) is 10.0 Å². The van der Waals surface area contributed by atoms with Crippen molar-refractivity contribution in [2.45, 2.75) is 19.1 Å². The van der Waals surface area contributed by atoms with Crippen LogP contribution in [0.2, 0.25) is 0 Å². The minimum absolute atomic E-state index is 0.243. The summed E-state index contributed by atoms with van der Waals surface area (Å²) in [7, 11) is -2.00. The molecule has 0 aromatic heterocycles. The lowest BCUT2D eigenvalue weighted by molar-refractivity contribution is -0.0364. The van der Waals surface area contributed by atoms with Crippen LogP contribution < -0.4 is 4.72 Å². The molecule has 0 bridgehead atoms. The lowest BCUT2D eigenvalue weighted by Crippen LogP contribution is -2.51. The highest BCUT2D eigenvalue weighted by atomic mass is 79.9. The molecule has 1 N–H and O–H groups in total. The molecule has 1 aliphatic heterocycles. The van der Waals surface area contributed by atoms with E-state index >= 15 is 0 Å². The van der Waals surface area contributed by atoms with Crippen molar-refractivity contribution in [1.82, 2.24) is 9.03 Å². The Hall–Kier alpha value is -0.470. The molecule has 0 amide bonds. The smallest absolute Gasteiger partial charge is 0.279 e. The van der Waals surface area contributed by atoms with Gasteiger partial charge in [-0.05, 0) is 24.6 Å². The minimum atomic E-state index is -3.43. The quantitative estimate of drug-likeness (QED) is 0.903. The van der Waals surface area contributed by atoms with Crippen LogP contribution in [0, 0.1) is 0 Å². The van der Waals surface area contributed by atoms with E-state index in [1.807, 2.05) is 31.2 Å². The first-order valence-corrected chi connectivity index (χ1v) is 8.26. The zero-order chi connectivity index (χ0) is 14.0. The van der Waals surface area contributed by atoms with Crippen LogP contribution in [0.15, 0.2) is 28.7 Å². The maximum Gasteiger partial charge on any atom is 0.279 e. The number of morpholine rings is 1. The zero-order valence-electron chi connectivity index (χ0n) is 10.8. The number of nitrogens with zero attached hydrogens (tertiary/aromatic N) is 1. The molecule has 1 fully saturated rings. The minimum Gasteiger partial charge on any atom is -0.370 e. The van der Waals surface area contributed by atoms with E-state index in [1.54, 1.807) is 0 Å². The van der Waals surface area contributed by atoms with Gasteiger partial charge in [0.05, 0.1) is 18.8 Å². The van der Waals surface area contributed by atoms with Crippen LogP contribution in [0.4, 0.5) is 0 Å². The average molecular weight is 349 g/mol. The summed E-state index contributed by atoms with van der Waals surface area (Å²) in [6.45, 7) is 2.63. The highest BCUT2D eigenvalue weighted by Gasteiger charge is 2.36. The maximum absolute atomic E-state index is 11.9. The molecule has 1 saturated heterocycles. The third-order valence-corrected chi connectivity index (χ3v) is 5.44. The molecule has 0 unspecified atom stereocenters. The number of rotatable bonds is 3. The molecular weight excluding hydrogens is 332 g/mol. The van der Waals surface area contributed by atoms with Crippen LogP contribution >= 0.6 is 15.9 Å². The normalized spacial score (nSPS) is 25.4.